The van der Waals surface area contributed by atoms with Crippen LogP contribution in [-0.4, -0.2) is 16.3 Å². The van der Waals surface area contributed by atoms with Crippen molar-refractivity contribution >= 4 is 12.4 Å². The normalized spacial score (nSPS) is 19.6. The van der Waals surface area contributed by atoms with Crippen LogP contribution < -0.4 is 10.5 Å². The van der Waals surface area contributed by atoms with Gasteiger partial charge in [0.1, 0.15) is 12.4 Å². The number of fused-ring (bicyclic) bond motifs is 1. The third-order valence-corrected chi connectivity index (χ3v) is 4.27. The van der Waals surface area contributed by atoms with Crippen molar-refractivity contribution in [3.8, 4) is 5.75 Å². The Bertz CT molecular complexity index is 648. The minimum atomic E-state index is -0.669. The zero-order valence-electron chi connectivity index (χ0n) is 12.8. The van der Waals surface area contributed by atoms with E-state index in [1.54, 1.807) is 0 Å². The molecule has 124 valence electrons. The molecule has 0 amide bonds. The molecule has 1 aliphatic carbocycles. The Morgan fingerprint density at radius 2 is 1.87 bits per heavy atom. The van der Waals surface area contributed by atoms with Crippen molar-refractivity contribution in [3.63, 3.8) is 0 Å². The fourth-order valence-electron chi connectivity index (χ4n) is 3.01. The van der Waals surface area contributed by atoms with Gasteiger partial charge < -0.3 is 20.7 Å². The van der Waals surface area contributed by atoms with Crippen LogP contribution >= 0.6 is 12.4 Å². The van der Waals surface area contributed by atoms with Crippen molar-refractivity contribution in [2.45, 2.75) is 38.2 Å². The van der Waals surface area contributed by atoms with E-state index in [9.17, 15) is 10.2 Å². The third-order valence-electron chi connectivity index (χ3n) is 4.27. The Morgan fingerprint density at radius 3 is 2.57 bits per heavy atom. The lowest BCUT2D eigenvalue weighted by molar-refractivity contribution is 0.132. The SMILES string of the molecule is Cl.NC1CCc2c(ccc(OCc3ccccc3)c2CO)C1O. The molecular formula is C18H22ClNO3. The standard InChI is InChI=1S/C18H21NO3.ClH/c19-16-8-6-13-14(18(16)21)7-9-17(15(13)10-20)22-11-12-4-2-1-3-5-12;/h1-5,7,9,16,18,20-21H,6,8,10-11,19H2;1H. The first kappa shape index (κ1) is 17.8. The van der Waals surface area contributed by atoms with Crippen LogP contribution in [0, 0.1) is 0 Å². The van der Waals surface area contributed by atoms with Gasteiger partial charge in [0.2, 0.25) is 0 Å². The summed E-state index contributed by atoms with van der Waals surface area (Å²) in [6.07, 6.45) is 0.798. The van der Waals surface area contributed by atoms with Gasteiger partial charge in [-0.15, -0.1) is 12.4 Å². The molecule has 2 aromatic carbocycles. The highest BCUT2D eigenvalue weighted by Crippen LogP contribution is 2.35. The number of hydrogen-bond acceptors (Lipinski definition) is 4. The molecule has 23 heavy (non-hydrogen) atoms. The minimum Gasteiger partial charge on any atom is -0.489 e. The number of aliphatic hydroxyl groups is 2. The summed E-state index contributed by atoms with van der Waals surface area (Å²) < 4.78 is 5.87. The predicted molar refractivity (Wildman–Crippen MR) is 91.6 cm³/mol. The number of rotatable bonds is 4. The molecule has 2 unspecified atom stereocenters. The molecule has 0 spiro atoms. The van der Waals surface area contributed by atoms with Crippen LogP contribution in [0.15, 0.2) is 42.5 Å². The van der Waals surface area contributed by atoms with Crippen LogP contribution in [0.3, 0.4) is 0 Å². The van der Waals surface area contributed by atoms with Gasteiger partial charge in [-0.25, -0.2) is 0 Å². The van der Waals surface area contributed by atoms with E-state index in [0.717, 1.165) is 28.7 Å². The van der Waals surface area contributed by atoms with Crippen molar-refractivity contribution in [2.24, 2.45) is 5.73 Å². The maximum Gasteiger partial charge on any atom is 0.125 e. The second kappa shape index (κ2) is 7.79. The third kappa shape index (κ3) is 3.67. The number of nitrogens with two attached hydrogens (primary N) is 1. The quantitative estimate of drug-likeness (QED) is 0.802. The summed E-state index contributed by atoms with van der Waals surface area (Å²) in [4.78, 5) is 0. The highest BCUT2D eigenvalue weighted by atomic mass is 35.5. The van der Waals surface area contributed by atoms with Crippen LogP contribution in [0.2, 0.25) is 0 Å². The summed E-state index contributed by atoms with van der Waals surface area (Å²) in [5.41, 5.74) is 9.54. The molecule has 2 aromatic rings. The molecule has 2 atom stereocenters. The van der Waals surface area contributed by atoms with Gasteiger partial charge in [-0.05, 0) is 35.6 Å². The van der Waals surface area contributed by atoms with Gasteiger partial charge in [0.05, 0.1) is 12.7 Å². The molecule has 0 bridgehead atoms. The summed E-state index contributed by atoms with van der Waals surface area (Å²) in [6, 6.07) is 13.3. The molecule has 0 heterocycles. The van der Waals surface area contributed by atoms with Gasteiger partial charge in [-0.2, -0.15) is 0 Å². The molecule has 0 fully saturated rings. The lowest BCUT2D eigenvalue weighted by Crippen LogP contribution is -2.33. The minimum absolute atomic E-state index is 0. The van der Waals surface area contributed by atoms with Crippen LogP contribution in [0.25, 0.3) is 0 Å². The topological polar surface area (TPSA) is 75.7 Å². The van der Waals surface area contributed by atoms with E-state index >= 15 is 0 Å². The first-order valence-electron chi connectivity index (χ1n) is 7.56. The van der Waals surface area contributed by atoms with Crippen LogP contribution in [0.1, 0.15) is 34.8 Å². The second-order valence-corrected chi connectivity index (χ2v) is 5.69. The summed E-state index contributed by atoms with van der Waals surface area (Å²) >= 11 is 0. The Kier molecular flexibility index (Phi) is 6.02. The molecular weight excluding hydrogens is 314 g/mol. The highest BCUT2D eigenvalue weighted by molar-refractivity contribution is 5.85. The molecule has 0 radical (unpaired) electrons. The molecule has 4 N–H and O–H groups in total. The average molecular weight is 336 g/mol. The zero-order valence-corrected chi connectivity index (χ0v) is 13.6. The second-order valence-electron chi connectivity index (χ2n) is 5.69. The maximum absolute atomic E-state index is 10.2. The molecule has 0 aromatic heterocycles. The molecule has 0 saturated heterocycles. The first-order valence-corrected chi connectivity index (χ1v) is 7.56. The summed E-state index contributed by atoms with van der Waals surface area (Å²) in [6.45, 7) is 0.351. The molecule has 5 heteroatoms. The van der Waals surface area contributed by atoms with E-state index < -0.39 is 6.10 Å². The molecule has 0 saturated carbocycles. The smallest absolute Gasteiger partial charge is 0.125 e. The summed E-state index contributed by atoms with van der Waals surface area (Å²) in [5.74, 6) is 0.674. The van der Waals surface area contributed by atoms with Crippen molar-refractivity contribution in [1.82, 2.24) is 0 Å². The van der Waals surface area contributed by atoms with E-state index in [0.29, 0.717) is 18.8 Å². The average Bonchev–Trinajstić information content (AvgIpc) is 2.56. The van der Waals surface area contributed by atoms with Gasteiger partial charge in [-0.1, -0.05) is 36.4 Å². The zero-order chi connectivity index (χ0) is 15.5. The summed E-state index contributed by atoms with van der Waals surface area (Å²) in [7, 11) is 0. The van der Waals surface area contributed by atoms with Crippen molar-refractivity contribution < 1.29 is 14.9 Å². The Labute approximate surface area is 142 Å². The molecule has 3 rings (SSSR count). The number of aliphatic hydroxyl groups excluding tert-OH is 2. The predicted octanol–water partition coefficient (Wildman–Crippen LogP) is 2.49. The highest BCUT2D eigenvalue weighted by Gasteiger charge is 2.28. The molecule has 1 aliphatic rings. The van der Waals surface area contributed by atoms with Crippen molar-refractivity contribution in [2.75, 3.05) is 0 Å². The van der Waals surface area contributed by atoms with Gasteiger partial charge in [0, 0.05) is 11.6 Å². The lowest BCUT2D eigenvalue weighted by atomic mass is 9.83. The Balaban J connectivity index is 0.00000192. The van der Waals surface area contributed by atoms with Gasteiger partial charge in [0.15, 0.2) is 0 Å². The monoisotopic (exact) mass is 335 g/mol. The van der Waals surface area contributed by atoms with Gasteiger partial charge in [0.25, 0.3) is 0 Å². The largest absolute Gasteiger partial charge is 0.489 e. The number of ether oxygens (including phenoxy) is 1. The van der Waals surface area contributed by atoms with Gasteiger partial charge in [-0.3, -0.25) is 0 Å². The van der Waals surface area contributed by atoms with Crippen molar-refractivity contribution in [1.29, 1.82) is 0 Å². The molecule has 0 aliphatic heterocycles. The Hall–Kier alpha value is -1.59. The lowest BCUT2D eigenvalue weighted by Gasteiger charge is -2.29. The van der Waals surface area contributed by atoms with Crippen LogP contribution in [-0.2, 0) is 19.6 Å². The summed E-state index contributed by atoms with van der Waals surface area (Å²) in [5, 5.41) is 19.9. The van der Waals surface area contributed by atoms with E-state index in [-0.39, 0.29) is 25.1 Å². The van der Waals surface area contributed by atoms with E-state index in [2.05, 4.69) is 0 Å². The van der Waals surface area contributed by atoms with Crippen molar-refractivity contribution in [3.05, 3.63) is 64.7 Å². The van der Waals surface area contributed by atoms with E-state index in [1.165, 1.54) is 0 Å². The Morgan fingerprint density at radius 1 is 1.13 bits per heavy atom. The fraction of sp³-hybridized carbons (Fsp3) is 0.333. The van der Waals surface area contributed by atoms with E-state index in [4.69, 9.17) is 10.5 Å². The van der Waals surface area contributed by atoms with E-state index in [1.807, 2.05) is 42.5 Å². The number of hydrogen-bond donors (Lipinski definition) is 3. The van der Waals surface area contributed by atoms with Crippen LogP contribution in [0.5, 0.6) is 5.75 Å². The van der Waals surface area contributed by atoms with Crippen LogP contribution in [0.4, 0.5) is 0 Å². The number of halogens is 1. The maximum atomic E-state index is 10.2. The first-order chi connectivity index (χ1) is 10.7. The fourth-order valence-corrected chi connectivity index (χ4v) is 3.01. The molecule has 4 nitrogen and oxygen atoms in total. The number of benzene rings is 2. The van der Waals surface area contributed by atoms with Gasteiger partial charge >= 0.3 is 0 Å².